The summed E-state index contributed by atoms with van der Waals surface area (Å²) >= 11 is 0. The van der Waals surface area contributed by atoms with Crippen LogP contribution in [0.5, 0.6) is 0 Å². The fraction of sp³-hybridized carbons (Fsp3) is 0.741. The number of aliphatic carboxylic acids is 5. The van der Waals surface area contributed by atoms with Gasteiger partial charge in [0.05, 0.1) is 13.1 Å². The summed E-state index contributed by atoms with van der Waals surface area (Å²) in [6, 6.07) is -1.11. The molecule has 0 aliphatic carbocycles. The first-order valence-corrected chi connectivity index (χ1v) is 13.8. The predicted molar refractivity (Wildman–Crippen MR) is 148 cm³/mol. The van der Waals surface area contributed by atoms with Gasteiger partial charge in [-0.2, -0.15) is 0 Å². The zero-order chi connectivity index (χ0) is 32.5. The molecule has 0 aromatic heterocycles. The maximum Gasteiger partial charge on any atom is 0.320 e. The number of hydrogen-bond acceptors (Lipinski definition) is 9. The van der Waals surface area contributed by atoms with E-state index in [2.05, 4.69) is 5.32 Å². The Morgan fingerprint density at radius 2 is 1.24 bits per heavy atom. The Balaban J connectivity index is 5.37. The van der Waals surface area contributed by atoms with E-state index in [1.54, 1.807) is 20.8 Å². The van der Waals surface area contributed by atoms with E-state index >= 15 is 0 Å². The fourth-order valence-electron chi connectivity index (χ4n) is 4.25. The Labute approximate surface area is 244 Å². The maximum absolute atomic E-state index is 12.2. The Morgan fingerprint density at radius 1 is 0.690 bits per heavy atom. The van der Waals surface area contributed by atoms with Crippen LogP contribution < -0.4 is 5.32 Å². The summed E-state index contributed by atoms with van der Waals surface area (Å²) in [5.41, 5.74) is -0.544. The van der Waals surface area contributed by atoms with Crippen molar-refractivity contribution in [1.29, 1.82) is 0 Å². The van der Waals surface area contributed by atoms with E-state index < -0.39 is 73.2 Å². The summed E-state index contributed by atoms with van der Waals surface area (Å²) in [5.74, 6) is -7.30. The zero-order valence-corrected chi connectivity index (χ0v) is 24.5. The Morgan fingerprint density at radius 3 is 1.69 bits per heavy atom. The van der Waals surface area contributed by atoms with Crippen LogP contribution in [0.15, 0.2) is 0 Å². The number of ketones is 1. The third kappa shape index (κ3) is 18.7. The van der Waals surface area contributed by atoms with Crippen LogP contribution in [-0.2, 0) is 33.6 Å². The number of nitrogens with one attached hydrogen (secondary N) is 1. The molecule has 1 unspecified atom stereocenters. The Hall–Kier alpha value is -3.59. The highest BCUT2D eigenvalue weighted by atomic mass is 16.4. The largest absolute Gasteiger partial charge is 0.481 e. The van der Waals surface area contributed by atoms with Gasteiger partial charge in [-0.15, -0.1) is 0 Å². The third-order valence-corrected chi connectivity index (χ3v) is 6.54. The minimum absolute atomic E-state index is 0.0191. The van der Waals surface area contributed by atoms with Crippen LogP contribution >= 0.6 is 0 Å². The molecule has 15 nitrogen and oxygen atoms in total. The molecule has 0 aliphatic heterocycles. The molecule has 0 radical (unpaired) electrons. The van der Waals surface area contributed by atoms with Crippen molar-refractivity contribution in [3.05, 3.63) is 0 Å². The lowest BCUT2D eigenvalue weighted by atomic mass is 9.88. The summed E-state index contributed by atoms with van der Waals surface area (Å²) < 4.78 is 0. The molecular formula is C27H45N3O12. The van der Waals surface area contributed by atoms with Gasteiger partial charge in [0, 0.05) is 50.7 Å². The molecule has 0 saturated carbocycles. The zero-order valence-electron chi connectivity index (χ0n) is 24.5. The Bertz CT molecular complexity index is 875. The molecule has 1 atom stereocenters. The number of unbranched alkanes of at least 4 members (excludes halogenated alkanes) is 1. The minimum Gasteiger partial charge on any atom is -0.481 e. The quantitative estimate of drug-likeness (QED) is 0.0839. The van der Waals surface area contributed by atoms with E-state index in [1.807, 2.05) is 0 Å². The van der Waals surface area contributed by atoms with E-state index in [-0.39, 0.29) is 63.6 Å². The van der Waals surface area contributed by atoms with Gasteiger partial charge in [0.1, 0.15) is 11.8 Å². The lowest BCUT2D eigenvalue weighted by molar-refractivity contribution is -0.146. The van der Waals surface area contributed by atoms with Crippen molar-refractivity contribution in [2.45, 2.75) is 78.2 Å². The molecule has 42 heavy (non-hydrogen) atoms. The second-order valence-electron chi connectivity index (χ2n) is 11.3. The minimum atomic E-state index is -1.27. The van der Waals surface area contributed by atoms with Crippen LogP contribution in [0.1, 0.15) is 72.1 Å². The number of carbonyl (C=O) groups is 7. The van der Waals surface area contributed by atoms with Gasteiger partial charge in [0.25, 0.3) is 0 Å². The van der Waals surface area contributed by atoms with E-state index in [0.29, 0.717) is 12.8 Å². The van der Waals surface area contributed by atoms with Crippen molar-refractivity contribution >= 4 is 41.5 Å². The molecule has 0 aromatic carbocycles. The van der Waals surface area contributed by atoms with Crippen molar-refractivity contribution in [3.63, 3.8) is 0 Å². The lowest BCUT2D eigenvalue weighted by Crippen LogP contribution is -2.47. The fourth-order valence-corrected chi connectivity index (χ4v) is 4.25. The van der Waals surface area contributed by atoms with Crippen LogP contribution in [0, 0.1) is 11.3 Å². The monoisotopic (exact) mass is 603 g/mol. The predicted octanol–water partition coefficient (Wildman–Crippen LogP) is 0.850. The topological polar surface area (TPSA) is 239 Å². The first kappa shape index (κ1) is 38.4. The number of amides is 1. The van der Waals surface area contributed by atoms with Crippen molar-refractivity contribution < 1.29 is 59.1 Å². The van der Waals surface area contributed by atoms with Gasteiger partial charge < -0.3 is 30.8 Å². The molecule has 0 aromatic rings. The van der Waals surface area contributed by atoms with Crippen molar-refractivity contribution in [1.82, 2.24) is 15.1 Å². The van der Waals surface area contributed by atoms with Crippen LogP contribution in [0.2, 0.25) is 0 Å². The highest BCUT2D eigenvalue weighted by Crippen LogP contribution is 2.19. The summed E-state index contributed by atoms with van der Waals surface area (Å²) in [5, 5.41) is 49.1. The van der Waals surface area contributed by atoms with Crippen LogP contribution in [-0.4, -0.2) is 122 Å². The molecule has 0 spiro atoms. The smallest absolute Gasteiger partial charge is 0.320 e. The van der Waals surface area contributed by atoms with E-state index in [1.165, 1.54) is 4.90 Å². The molecule has 0 fully saturated rings. The highest BCUT2D eigenvalue weighted by molar-refractivity contribution is 5.88. The van der Waals surface area contributed by atoms with Gasteiger partial charge in [-0.1, -0.05) is 20.8 Å². The number of carbonyl (C=O) groups excluding carboxylic acids is 2. The first-order chi connectivity index (χ1) is 19.4. The first-order valence-electron chi connectivity index (χ1n) is 13.8. The molecule has 0 heterocycles. The molecule has 0 bridgehead atoms. The van der Waals surface area contributed by atoms with Gasteiger partial charge in [-0.25, -0.2) is 0 Å². The number of rotatable bonds is 24. The second-order valence-corrected chi connectivity index (χ2v) is 11.3. The van der Waals surface area contributed by atoms with Crippen molar-refractivity contribution in [3.8, 4) is 0 Å². The van der Waals surface area contributed by atoms with Crippen LogP contribution in [0.25, 0.3) is 0 Å². The average molecular weight is 604 g/mol. The molecule has 0 aliphatic rings. The average Bonchev–Trinajstić information content (AvgIpc) is 2.82. The van der Waals surface area contributed by atoms with Gasteiger partial charge in [-0.05, 0) is 38.1 Å². The number of carboxylic acid groups (broad SMARTS) is 5. The van der Waals surface area contributed by atoms with Gasteiger partial charge >= 0.3 is 29.8 Å². The Kier molecular flexibility index (Phi) is 17.8. The highest BCUT2D eigenvalue weighted by Gasteiger charge is 2.28. The molecule has 0 rings (SSSR count). The van der Waals surface area contributed by atoms with E-state index in [9.17, 15) is 38.7 Å². The molecule has 15 heteroatoms. The van der Waals surface area contributed by atoms with Crippen LogP contribution in [0.4, 0.5) is 0 Å². The van der Waals surface area contributed by atoms with Gasteiger partial charge in [0.15, 0.2) is 0 Å². The maximum atomic E-state index is 12.2. The summed E-state index contributed by atoms with van der Waals surface area (Å²) in [4.78, 5) is 83.6. The summed E-state index contributed by atoms with van der Waals surface area (Å²) in [7, 11) is 0. The third-order valence-electron chi connectivity index (χ3n) is 6.54. The summed E-state index contributed by atoms with van der Waals surface area (Å²) in [6.45, 7) is 4.15. The molecule has 0 saturated heterocycles. The van der Waals surface area contributed by atoms with Gasteiger partial charge in [0.2, 0.25) is 5.91 Å². The SMILES string of the molecule is CC(C)(C)C(=O)CCC(=O)NCCCCC(C(=O)O)N(CCC(CC(=O)O)CC(=O)O)CCN(CC(=O)O)CC(=O)O. The molecule has 1 amide bonds. The van der Waals surface area contributed by atoms with Crippen LogP contribution in [0.3, 0.4) is 0 Å². The normalized spacial score (nSPS) is 12.3. The van der Waals surface area contributed by atoms with E-state index in [4.69, 9.17) is 20.4 Å². The van der Waals surface area contributed by atoms with Crippen molar-refractivity contribution in [2.75, 3.05) is 39.3 Å². The van der Waals surface area contributed by atoms with Gasteiger partial charge in [-0.3, -0.25) is 43.4 Å². The molecule has 240 valence electrons. The molecule has 6 N–H and O–H groups in total. The standard InChI is InChI=1S/C27H45N3O12/c1-27(2,3)20(31)7-8-21(32)28-10-5-4-6-19(26(41)42)30(11-9-18(14-22(33)34)15-23(35)36)13-12-29(16-24(37)38)17-25(39)40/h18-19H,4-17H2,1-3H3,(H,28,32)(H,33,34)(H,35,36)(H,37,38)(H,39,40)(H,41,42). The van der Waals surface area contributed by atoms with E-state index in [0.717, 1.165) is 4.90 Å². The second kappa shape index (κ2) is 19.5. The molecular weight excluding hydrogens is 558 g/mol. The number of Topliss-reactive ketones (excluding diaryl/α,β-unsaturated/α-hetero) is 1. The lowest BCUT2D eigenvalue weighted by Gasteiger charge is -2.32. The summed E-state index contributed by atoms with van der Waals surface area (Å²) in [6.07, 6.45) is 0.178. The number of nitrogens with zero attached hydrogens (tertiary/aromatic N) is 2. The number of carboxylic acids is 5. The van der Waals surface area contributed by atoms with Crippen molar-refractivity contribution in [2.24, 2.45) is 11.3 Å². The number of hydrogen-bond donors (Lipinski definition) is 6.